The molecule has 7 rings (SSSR count). The number of halogens is 1. The molecule has 0 saturated carbocycles. The quantitative estimate of drug-likeness (QED) is 0.245. The molecule has 0 radical (unpaired) electrons. The van der Waals surface area contributed by atoms with E-state index in [2.05, 4.69) is 36.4 Å². The van der Waals surface area contributed by atoms with Crippen molar-refractivity contribution in [3.05, 3.63) is 161 Å². The lowest BCUT2D eigenvalue weighted by atomic mass is 9.83. The van der Waals surface area contributed by atoms with Crippen molar-refractivity contribution in [3.8, 4) is 5.75 Å². The molecule has 0 unspecified atom stereocenters. The number of aryl methyl sites for hydroxylation is 1. The number of fused-ring (bicyclic) bond motifs is 3. The maximum atomic E-state index is 14.0. The SMILES string of the molecule is O=c1/c(=C\c2cccc(OCc3ccc(Cl)cc3)c2)sc2n1[C@@H](c1ccccc1)C1=C(N=2)c2ccccc2CC1. The molecule has 40 heavy (non-hydrogen) atoms. The number of nitrogens with zero attached hydrogens (tertiary/aromatic N) is 2. The molecule has 196 valence electrons. The highest BCUT2D eigenvalue weighted by Crippen LogP contribution is 2.41. The van der Waals surface area contributed by atoms with Crippen LogP contribution in [0, 0.1) is 0 Å². The molecular weight excluding hydrogens is 536 g/mol. The van der Waals surface area contributed by atoms with Crippen molar-refractivity contribution in [3.63, 3.8) is 0 Å². The van der Waals surface area contributed by atoms with Crippen LogP contribution in [0.15, 0.2) is 118 Å². The number of aromatic nitrogens is 1. The number of rotatable bonds is 5. The zero-order valence-corrected chi connectivity index (χ0v) is 23.2. The maximum Gasteiger partial charge on any atom is 0.271 e. The van der Waals surface area contributed by atoms with Crippen molar-refractivity contribution in [1.82, 2.24) is 4.57 Å². The standard InChI is InChI=1S/C34H25ClN2O2S/c35-26-16-13-22(14-17-26)21-39-27-11-6-7-23(19-27)20-30-33(38)37-32(25-9-2-1-3-10-25)29-18-15-24-8-4-5-12-28(24)31(29)36-34(37)40-30/h1-14,16-17,19-20,32H,15,18,21H2/b30-20+/t32-/m0/s1. The Hall–Kier alpha value is -4.19. The first kappa shape index (κ1) is 24.8. The summed E-state index contributed by atoms with van der Waals surface area (Å²) in [6.07, 6.45) is 3.77. The molecule has 2 heterocycles. The van der Waals surface area contributed by atoms with Crippen molar-refractivity contribution in [1.29, 1.82) is 0 Å². The molecule has 0 N–H and O–H groups in total. The predicted molar refractivity (Wildman–Crippen MR) is 161 cm³/mol. The van der Waals surface area contributed by atoms with Gasteiger partial charge in [-0.3, -0.25) is 9.36 Å². The highest BCUT2D eigenvalue weighted by Gasteiger charge is 2.32. The van der Waals surface area contributed by atoms with E-state index in [0.29, 0.717) is 16.2 Å². The van der Waals surface area contributed by atoms with Gasteiger partial charge in [-0.25, -0.2) is 4.99 Å². The van der Waals surface area contributed by atoms with Crippen LogP contribution < -0.4 is 19.6 Å². The maximum absolute atomic E-state index is 14.0. The molecule has 2 aliphatic rings. The van der Waals surface area contributed by atoms with E-state index in [1.165, 1.54) is 28.0 Å². The Kier molecular flexibility index (Phi) is 6.46. The molecule has 6 heteroatoms. The molecular formula is C34H25ClN2O2S. The van der Waals surface area contributed by atoms with E-state index in [0.717, 1.165) is 45.8 Å². The Morgan fingerprint density at radius 2 is 1.73 bits per heavy atom. The molecule has 1 aromatic heterocycles. The van der Waals surface area contributed by atoms with Crippen LogP contribution in [0.2, 0.25) is 5.02 Å². The number of ether oxygens (including phenoxy) is 1. The lowest BCUT2D eigenvalue weighted by Crippen LogP contribution is -2.38. The predicted octanol–water partition coefficient (Wildman–Crippen LogP) is 6.55. The van der Waals surface area contributed by atoms with Gasteiger partial charge in [-0.2, -0.15) is 0 Å². The lowest BCUT2D eigenvalue weighted by molar-refractivity contribution is 0.306. The van der Waals surface area contributed by atoms with Crippen LogP contribution in [0.3, 0.4) is 0 Å². The van der Waals surface area contributed by atoms with Crippen molar-refractivity contribution in [2.45, 2.75) is 25.5 Å². The van der Waals surface area contributed by atoms with Crippen LogP contribution in [0.25, 0.3) is 11.8 Å². The van der Waals surface area contributed by atoms with Crippen LogP contribution in [-0.2, 0) is 13.0 Å². The minimum Gasteiger partial charge on any atom is -0.489 e. The monoisotopic (exact) mass is 560 g/mol. The fourth-order valence-corrected chi connectivity index (χ4v) is 6.68. The minimum absolute atomic E-state index is 0.0181. The lowest BCUT2D eigenvalue weighted by Gasteiger charge is -2.30. The van der Waals surface area contributed by atoms with Gasteiger partial charge in [-0.1, -0.05) is 102 Å². The van der Waals surface area contributed by atoms with Crippen molar-refractivity contribution in [2.24, 2.45) is 4.99 Å². The van der Waals surface area contributed by atoms with E-state index in [1.807, 2.05) is 77.4 Å². The Morgan fingerprint density at radius 1 is 0.925 bits per heavy atom. The number of thiazole rings is 1. The summed E-state index contributed by atoms with van der Waals surface area (Å²) < 4.78 is 8.57. The fraction of sp³-hybridized carbons (Fsp3) is 0.118. The molecule has 0 amide bonds. The van der Waals surface area contributed by atoms with E-state index in [1.54, 1.807) is 0 Å². The third-order valence-electron chi connectivity index (χ3n) is 7.46. The van der Waals surface area contributed by atoms with Gasteiger partial charge in [0.15, 0.2) is 4.80 Å². The average molecular weight is 561 g/mol. The molecule has 1 aliphatic heterocycles. The number of hydrogen-bond acceptors (Lipinski definition) is 4. The van der Waals surface area contributed by atoms with Gasteiger partial charge in [-0.05, 0) is 71.0 Å². The van der Waals surface area contributed by atoms with Crippen molar-refractivity contribution < 1.29 is 4.74 Å². The number of allylic oxidation sites excluding steroid dienone is 1. The third-order valence-corrected chi connectivity index (χ3v) is 8.70. The molecule has 0 saturated heterocycles. The summed E-state index contributed by atoms with van der Waals surface area (Å²) in [6.45, 7) is 0.437. The van der Waals surface area contributed by atoms with Crippen LogP contribution in [0.5, 0.6) is 5.75 Å². The number of hydrogen-bond donors (Lipinski definition) is 0. The second-order valence-corrected chi connectivity index (χ2v) is 11.5. The van der Waals surface area contributed by atoms with E-state index >= 15 is 0 Å². The zero-order chi connectivity index (χ0) is 27.1. The van der Waals surface area contributed by atoms with Gasteiger partial charge in [-0.15, -0.1) is 0 Å². The second kappa shape index (κ2) is 10.4. The highest BCUT2D eigenvalue weighted by atomic mass is 35.5. The van der Waals surface area contributed by atoms with Crippen molar-refractivity contribution in [2.75, 3.05) is 0 Å². The summed E-state index contributed by atoms with van der Waals surface area (Å²) in [5.74, 6) is 0.741. The zero-order valence-electron chi connectivity index (χ0n) is 21.6. The largest absolute Gasteiger partial charge is 0.489 e. The summed E-state index contributed by atoms with van der Waals surface area (Å²) in [6, 6.07) is 34.1. The van der Waals surface area contributed by atoms with Gasteiger partial charge in [0.1, 0.15) is 12.4 Å². The summed E-state index contributed by atoms with van der Waals surface area (Å²) in [5, 5.41) is 0.701. The van der Waals surface area contributed by atoms with Gasteiger partial charge in [0.2, 0.25) is 0 Å². The molecule has 4 nitrogen and oxygen atoms in total. The minimum atomic E-state index is -0.169. The topological polar surface area (TPSA) is 43.6 Å². The van der Waals surface area contributed by atoms with Gasteiger partial charge in [0.25, 0.3) is 5.56 Å². The molecule has 0 fully saturated rings. The Balaban J connectivity index is 1.30. The van der Waals surface area contributed by atoms with Crippen LogP contribution >= 0.6 is 22.9 Å². The first-order valence-electron chi connectivity index (χ1n) is 13.3. The molecule has 0 bridgehead atoms. The fourth-order valence-electron chi connectivity index (χ4n) is 5.55. The molecule has 4 aromatic carbocycles. The summed E-state index contributed by atoms with van der Waals surface area (Å²) in [4.78, 5) is 19.8. The molecule has 1 atom stereocenters. The normalized spacial score (nSPS) is 16.1. The Bertz CT molecular complexity index is 1940. The first-order chi connectivity index (χ1) is 19.6. The molecule has 5 aromatic rings. The Morgan fingerprint density at radius 3 is 2.58 bits per heavy atom. The summed E-state index contributed by atoms with van der Waals surface area (Å²) in [7, 11) is 0. The average Bonchev–Trinajstić information content (AvgIpc) is 3.30. The smallest absolute Gasteiger partial charge is 0.271 e. The molecule has 1 aliphatic carbocycles. The van der Waals surface area contributed by atoms with E-state index < -0.39 is 0 Å². The number of benzene rings is 4. The summed E-state index contributed by atoms with van der Waals surface area (Å²) >= 11 is 7.44. The van der Waals surface area contributed by atoms with Crippen LogP contribution in [-0.4, -0.2) is 4.57 Å². The van der Waals surface area contributed by atoms with E-state index in [4.69, 9.17) is 21.3 Å². The first-order valence-corrected chi connectivity index (χ1v) is 14.5. The van der Waals surface area contributed by atoms with Gasteiger partial charge >= 0.3 is 0 Å². The van der Waals surface area contributed by atoms with Gasteiger partial charge in [0, 0.05) is 10.6 Å². The van der Waals surface area contributed by atoms with Crippen LogP contribution in [0.4, 0.5) is 0 Å². The van der Waals surface area contributed by atoms with Gasteiger partial charge < -0.3 is 4.74 Å². The Labute approximate surface area is 240 Å². The van der Waals surface area contributed by atoms with E-state index in [-0.39, 0.29) is 11.6 Å². The third kappa shape index (κ3) is 4.61. The molecule has 0 spiro atoms. The van der Waals surface area contributed by atoms with Crippen molar-refractivity contribution >= 4 is 34.7 Å². The second-order valence-electron chi connectivity index (χ2n) is 10.0. The highest BCUT2D eigenvalue weighted by molar-refractivity contribution is 7.07. The van der Waals surface area contributed by atoms with E-state index in [9.17, 15) is 4.79 Å². The summed E-state index contributed by atoms with van der Waals surface area (Å²) in [5.41, 5.74) is 7.74. The van der Waals surface area contributed by atoms with Gasteiger partial charge in [0.05, 0.1) is 16.3 Å². The van der Waals surface area contributed by atoms with Crippen LogP contribution in [0.1, 0.15) is 40.3 Å².